The molecule has 0 saturated carbocycles. The largest absolute Gasteiger partial charge is 0.320 e. The van der Waals surface area contributed by atoms with Gasteiger partial charge in [0.15, 0.2) is 0 Å². The van der Waals surface area contributed by atoms with E-state index in [9.17, 15) is 9.59 Å². The Hall–Kier alpha value is -1.88. The van der Waals surface area contributed by atoms with Crippen LogP contribution >= 0.6 is 0 Å². The predicted octanol–water partition coefficient (Wildman–Crippen LogP) is 0.821. The van der Waals surface area contributed by atoms with Gasteiger partial charge in [0.1, 0.15) is 0 Å². The van der Waals surface area contributed by atoms with Gasteiger partial charge in [-0.3, -0.25) is 20.4 Å². The Kier molecular flexibility index (Phi) is 5.32. The van der Waals surface area contributed by atoms with Crippen molar-refractivity contribution in [1.29, 1.82) is 0 Å². The lowest BCUT2D eigenvalue weighted by Crippen LogP contribution is -2.51. The summed E-state index contributed by atoms with van der Waals surface area (Å²) in [6.07, 6.45) is 0.807. The van der Waals surface area contributed by atoms with Crippen LogP contribution in [0.3, 0.4) is 0 Å². The van der Waals surface area contributed by atoms with Gasteiger partial charge >= 0.3 is 0 Å². The molecule has 0 radical (unpaired) electrons. The van der Waals surface area contributed by atoms with Crippen molar-refractivity contribution >= 4 is 11.8 Å². The number of hydrazine groups is 1. The molecule has 18 heavy (non-hydrogen) atoms. The van der Waals surface area contributed by atoms with E-state index in [2.05, 4.69) is 10.9 Å². The second-order valence-corrected chi connectivity index (χ2v) is 4.22. The summed E-state index contributed by atoms with van der Waals surface area (Å²) in [4.78, 5) is 23.3. The van der Waals surface area contributed by atoms with Gasteiger partial charge in [0.05, 0.1) is 6.04 Å². The number of rotatable bonds is 4. The standard InChI is InChI=1S/C13H19N3O2/c1-3-9(2)11(14)13(18)16-15-12(17)10-7-5-4-6-8-10/h4-9,11H,3,14H2,1-2H3,(H,15,17)(H,16,18)/t9?,11-/m0/s1. The number of carbonyl (C=O) groups is 2. The zero-order valence-corrected chi connectivity index (χ0v) is 10.6. The molecule has 2 atom stereocenters. The molecule has 2 amide bonds. The first-order valence-corrected chi connectivity index (χ1v) is 5.97. The smallest absolute Gasteiger partial charge is 0.269 e. The summed E-state index contributed by atoms with van der Waals surface area (Å²) >= 11 is 0. The lowest BCUT2D eigenvalue weighted by molar-refractivity contribution is -0.124. The summed E-state index contributed by atoms with van der Waals surface area (Å²) in [5.41, 5.74) is 10.9. The normalized spacial score (nSPS) is 13.5. The van der Waals surface area contributed by atoms with Gasteiger partial charge in [-0.2, -0.15) is 0 Å². The van der Waals surface area contributed by atoms with Crippen LogP contribution in [0.2, 0.25) is 0 Å². The predicted molar refractivity (Wildman–Crippen MR) is 69.5 cm³/mol. The minimum atomic E-state index is -0.619. The van der Waals surface area contributed by atoms with E-state index in [0.29, 0.717) is 5.56 Å². The quantitative estimate of drug-likeness (QED) is 0.691. The van der Waals surface area contributed by atoms with E-state index in [-0.39, 0.29) is 17.7 Å². The van der Waals surface area contributed by atoms with Gasteiger partial charge in [-0.25, -0.2) is 0 Å². The van der Waals surface area contributed by atoms with Crippen LogP contribution in [-0.4, -0.2) is 17.9 Å². The summed E-state index contributed by atoms with van der Waals surface area (Å²) in [5, 5.41) is 0. The van der Waals surface area contributed by atoms with E-state index in [1.807, 2.05) is 19.9 Å². The molecule has 5 nitrogen and oxygen atoms in total. The number of hydrogen-bond donors (Lipinski definition) is 3. The topological polar surface area (TPSA) is 84.2 Å². The molecule has 5 heteroatoms. The number of nitrogens with one attached hydrogen (secondary N) is 2. The molecule has 4 N–H and O–H groups in total. The van der Waals surface area contributed by atoms with Crippen molar-refractivity contribution in [3.63, 3.8) is 0 Å². The summed E-state index contributed by atoms with van der Waals surface area (Å²) in [6.45, 7) is 3.85. The molecular weight excluding hydrogens is 230 g/mol. The fourth-order valence-corrected chi connectivity index (χ4v) is 1.38. The minimum absolute atomic E-state index is 0.0682. The van der Waals surface area contributed by atoms with Crippen molar-refractivity contribution in [1.82, 2.24) is 10.9 Å². The average Bonchev–Trinajstić information content (AvgIpc) is 2.43. The highest BCUT2D eigenvalue weighted by molar-refractivity contribution is 5.95. The van der Waals surface area contributed by atoms with Crippen LogP contribution in [0.15, 0.2) is 30.3 Å². The summed E-state index contributed by atoms with van der Waals surface area (Å²) < 4.78 is 0. The highest BCUT2D eigenvalue weighted by atomic mass is 16.2. The molecule has 1 unspecified atom stereocenters. The average molecular weight is 249 g/mol. The Morgan fingerprint density at radius 2 is 1.83 bits per heavy atom. The lowest BCUT2D eigenvalue weighted by atomic mass is 10.00. The third-order valence-corrected chi connectivity index (χ3v) is 2.89. The molecule has 0 aliphatic rings. The third-order valence-electron chi connectivity index (χ3n) is 2.89. The van der Waals surface area contributed by atoms with Gasteiger partial charge in [-0.1, -0.05) is 38.5 Å². The SMILES string of the molecule is CCC(C)[C@H](N)C(=O)NNC(=O)c1ccccc1. The first kappa shape index (κ1) is 14.2. The van der Waals surface area contributed by atoms with Gasteiger partial charge < -0.3 is 5.73 Å². The van der Waals surface area contributed by atoms with Crippen molar-refractivity contribution in [2.75, 3.05) is 0 Å². The van der Waals surface area contributed by atoms with Crippen molar-refractivity contribution in [3.05, 3.63) is 35.9 Å². The number of carbonyl (C=O) groups excluding carboxylic acids is 2. The maximum absolute atomic E-state index is 11.6. The molecule has 0 aliphatic heterocycles. The molecule has 1 aromatic carbocycles. The van der Waals surface area contributed by atoms with Crippen LogP contribution in [0.25, 0.3) is 0 Å². The highest BCUT2D eigenvalue weighted by Crippen LogP contribution is 2.04. The van der Waals surface area contributed by atoms with Crippen LogP contribution in [0, 0.1) is 5.92 Å². The first-order chi connectivity index (χ1) is 8.56. The number of hydrogen-bond acceptors (Lipinski definition) is 3. The molecule has 0 aromatic heterocycles. The van der Waals surface area contributed by atoms with Crippen LogP contribution in [0.5, 0.6) is 0 Å². The molecule has 0 fully saturated rings. The van der Waals surface area contributed by atoms with Crippen molar-refractivity contribution in [2.24, 2.45) is 11.7 Å². The molecule has 0 heterocycles. The Morgan fingerprint density at radius 1 is 1.22 bits per heavy atom. The maximum Gasteiger partial charge on any atom is 0.269 e. The molecule has 1 aromatic rings. The maximum atomic E-state index is 11.6. The summed E-state index contributed by atoms with van der Waals surface area (Å²) in [6, 6.07) is 8.02. The molecule has 0 spiro atoms. The van der Waals surface area contributed by atoms with Gasteiger partial charge in [-0.05, 0) is 18.1 Å². The van der Waals surface area contributed by atoms with Crippen LogP contribution in [-0.2, 0) is 4.79 Å². The van der Waals surface area contributed by atoms with Crippen molar-refractivity contribution in [3.8, 4) is 0 Å². The number of nitrogens with two attached hydrogens (primary N) is 1. The Bertz CT molecular complexity index is 406. The second-order valence-electron chi connectivity index (χ2n) is 4.22. The van der Waals surface area contributed by atoms with Gasteiger partial charge in [0.25, 0.3) is 11.8 Å². The van der Waals surface area contributed by atoms with Crippen molar-refractivity contribution in [2.45, 2.75) is 26.3 Å². The fourth-order valence-electron chi connectivity index (χ4n) is 1.38. The van der Waals surface area contributed by atoms with E-state index in [0.717, 1.165) is 6.42 Å². The Labute approximate surface area is 107 Å². The molecule has 98 valence electrons. The molecule has 0 bridgehead atoms. The minimum Gasteiger partial charge on any atom is -0.320 e. The van der Waals surface area contributed by atoms with E-state index < -0.39 is 6.04 Å². The summed E-state index contributed by atoms with van der Waals surface area (Å²) in [7, 11) is 0. The van der Waals surface area contributed by atoms with Crippen LogP contribution in [0.4, 0.5) is 0 Å². The van der Waals surface area contributed by atoms with Gasteiger partial charge in [-0.15, -0.1) is 0 Å². The van der Waals surface area contributed by atoms with E-state index in [1.54, 1.807) is 24.3 Å². The monoisotopic (exact) mass is 249 g/mol. The van der Waals surface area contributed by atoms with E-state index in [4.69, 9.17) is 5.73 Å². The Balaban J connectivity index is 2.46. The molecule has 0 saturated heterocycles. The zero-order chi connectivity index (χ0) is 13.5. The number of amides is 2. The van der Waals surface area contributed by atoms with Crippen molar-refractivity contribution < 1.29 is 9.59 Å². The molecule has 0 aliphatic carbocycles. The second kappa shape index (κ2) is 6.76. The molecular formula is C13H19N3O2. The highest BCUT2D eigenvalue weighted by Gasteiger charge is 2.19. The van der Waals surface area contributed by atoms with Crippen LogP contribution < -0.4 is 16.6 Å². The fraction of sp³-hybridized carbons (Fsp3) is 0.385. The van der Waals surface area contributed by atoms with E-state index in [1.165, 1.54) is 0 Å². The lowest BCUT2D eigenvalue weighted by Gasteiger charge is -2.17. The number of benzene rings is 1. The first-order valence-electron chi connectivity index (χ1n) is 5.97. The molecule has 1 rings (SSSR count). The van der Waals surface area contributed by atoms with Crippen LogP contribution in [0.1, 0.15) is 30.6 Å². The third kappa shape index (κ3) is 3.85. The van der Waals surface area contributed by atoms with E-state index >= 15 is 0 Å². The zero-order valence-electron chi connectivity index (χ0n) is 10.6. The van der Waals surface area contributed by atoms with Gasteiger partial charge in [0.2, 0.25) is 0 Å². The van der Waals surface area contributed by atoms with Gasteiger partial charge in [0, 0.05) is 5.56 Å². The Morgan fingerprint density at radius 3 is 2.39 bits per heavy atom. The summed E-state index contributed by atoms with van der Waals surface area (Å²) in [5.74, 6) is -0.674.